The summed E-state index contributed by atoms with van der Waals surface area (Å²) in [5.41, 5.74) is 0. The Morgan fingerprint density at radius 3 is 2.53 bits per heavy atom. The molecule has 1 atom stereocenters. The van der Waals surface area contributed by atoms with Crippen molar-refractivity contribution in [2.45, 2.75) is 13.0 Å². The van der Waals surface area contributed by atoms with Gasteiger partial charge in [0.1, 0.15) is 0 Å². The number of hydrogen-bond acceptors (Lipinski definition) is 4. The van der Waals surface area contributed by atoms with Gasteiger partial charge in [0.25, 0.3) is 0 Å². The lowest BCUT2D eigenvalue weighted by molar-refractivity contribution is -0.119. The number of amides is 1. The first-order valence-electron chi connectivity index (χ1n) is 5.41. The second kappa shape index (κ2) is 6.05. The van der Waals surface area contributed by atoms with Crippen LogP contribution in [0.5, 0.6) is 0 Å². The molecule has 2 N–H and O–H groups in total. The van der Waals surface area contributed by atoms with Crippen LogP contribution in [-0.4, -0.2) is 73.2 Å². The van der Waals surface area contributed by atoms with Crippen molar-refractivity contribution in [3.05, 3.63) is 0 Å². The molecule has 0 aromatic rings. The standard InChI is InChI=1S/C10H21N3O2/c1-9(14)11-7-10(15)8-13-5-3-12(2)4-6-13/h10,15H,3-8H2,1-2H3,(H,11,14). The van der Waals surface area contributed by atoms with Gasteiger partial charge >= 0.3 is 0 Å². The predicted molar refractivity (Wildman–Crippen MR) is 58.6 cm³/mol. The number of aliphatic hydroxyl groups excluding tert-OH is 1. The zero-order valence-electron chi connectivity index (χ0n) is 9.57. The third-order valence-electron chi connectivity index (χ3n) is 2.65. The monoisotopic (exact) mass is 215 g/mol. The fourth-order valence-corrected chi connectivity index (χ4v) is 1.65. The maximum atomic E-state index is 10.6. The zero-order valence-corrected chi connectivity index (χ0v) is 9.57. The molecular weight excluding hydrogens is 194 g/mol. The first-order valence-corrected chi connectivity index (χ1v) is 5.41. The second-order valence-corrected chi connectivity index (χ2v) is 4.19. The van der Waals surface area contributed by atoms with E-state index in [2.05, 4.69) is 22.2 Å². The molecule has 1 saturated heterocycles. The van der Waals surface area contributed by atoms with E-state index < -0.39 is 6.10 Å². The summed E-state index contributed by atoms with van der Waals surface area (Å²) in [6.07, 6.45) is -0.461. The van der Waals surface area contributed by atoms with Crippen LogP contribution in [0.25, 0.3) is 0 Å². The normalized spacial score (nSPS) is 21.3. The minimum Gasteiger partial charge on any atom is -0.390 e. The van der Waals surface area contributed by atoms with E-state index in [0.29, 0.717) is 13.1 Å². The van der Waals surface area contributed by atoms with E-state index >= 15 is 0 Å². The summed E-state index contributed by atoms with van der Waals surface area (Å²) in [5, 5.41) is 12.3. The van der Waals surface area contributed by atoms with Gasteiger partial charge in [-0.3, -0.25) is 9.69 Å². The highest BCUT2D eigenvalue weighted by Gasteiger charge is 2.16. The van der Waals surface area contributed by atoms with Crippen molar-refractivity contribution in [3.8, 4) is 0 Å². The Balaban J connectivity index is 2.14. The number of carbonyl (C=O) groups is 1. The van der Waals surface area contributed by atoms with Crippen molar-refractivity contribution in [1.82, 2.24) is 15.1 Å². The van der Waals surface area contributed by atoms with Gasteiger partial charge < -0.3 is 15.3 Å². The van der Waals surface area contributed by atoms with Crippen LogP contribution in [0.15, 0.2) is 0 Å². The zero-order chi connectivity index (χ0) is 11.3. The summed E-state index contributed by atoms with van der Waals surface area (Å²) in [4.78, 5) is 15.1. The van der Waals surface area contributed by atoms with Gasteiger partial charge in [0.2, 0.25) is 5.91 Å². The molecule has 1 aliphatic heterocycles. The smallest absolute Gasteiger partial charge is 0.216 e. The van der Waals surface area contributed by atoms with E-state index in [-0.39, 0.29) is 5.91 Å². The lowest BCUT2D eigenvalue weighted by Crippen LogP contribution is -2.48. The van der Waals surface area contributed by atoms with Crippen molar-refractivity contribution in [1.29, 1.82) is 0 Å². The molecule has 5 nitrogen and oxygen atoms in total. The van der Waals surface area contributed by atoms with E-state index in [1.807, 2.05) is 0 Å². The van der Waals surface area contributed by atoms with Crippen LogP contribution in [0.4, 0.5) is 0 Å². The number of β-amino-alcohol motifs (C(OH)–C–C–N with tert-alkyl or cyclic N) is 1. The molecule has 0 aromatic heterocycles. The van der Waals surface area contributed by atoms with Crippen molar-refractivity contribution < 1.29 is 9.90 Å². The van der Waals surface area contributed by atoms with Crippen LogP contribution in [-0.2, 0) is 4.79 Å². The lowest BCUT2D eigenvalue weighted by Gasteiger charge is -2.33. The maximum Gasteiger partial charge on any atom is 0.216 e. The molecule has 1 heterocycles. The third kappa shape index (κ3) is 5.11. The van der Waals surface area contributed by atoms with Gasteiger partial charge in [-0.2, -0.15) is 0 Å². The predicted octanol–water partition coefficient (Wildman–Crippen LogP) is -1.27. The quantitative estimate of drug-likeness (QED) is 0.614. The summed E-state index contributed by atoms with van der Waals surface area (Å²) in [7, 11) is 2.10. The molecule has 1 unspecified atom stereocenters. The largest absolute Gasteiger partial charge is 0.390 e. The van der Waals surface area contributed by atoms with Gasteiger partial charge in [-0.1, -0.05) is 0 Å². The first kappa shape index (κ1) is 12.4. The average molecular weight is 215 g/mol. The highest BCUT2D eigenvalue weighted by molar-refractivity contribution is 5.72. The van der Waals surface area contributed by atoms with Crippen LogP contribution in [0.1, 0.15) is 6.92 Å². The first-order chi connectivity index (χ1) is 7.08. The Morgan fingerprint density at radius 1 is 1.40 bits per heavy atom. The van der Waals surface area contributed by atoms with Crippen LogP contribution in [0.3, 0.4) is 0 Å². The lowest BCUT2D eigenvalue weighted by atomic mass is 10.2. The van der Waals surface area contributed by atoms with Gasteiger partial charge in [0, 0.05) is 46.2 Å². The number of piperazine rings is 1. The molecule has 88 valence electrons. The second-order valence-electron chi connectivity index (χ2n) is 4.19. The number of carbonyl (C=O) groups excluding carboxylic acids is 1. The minimum absolute atomic E-state index is 0.0903. The number of nitrogens with zero attached hydrogens (tertiary/aromatic N) is 2. The van der Waals surface area contributed by atoms with Crippen molar-refractivity contribution >= 4 is 5.91 Å². The van der Waals surface area contributed by atoms with E-state index in [0.717, 1.165) is 26.2 Å². The summed E-state index contributed by atoms with van der Waals surface area (Å²) < 4.78 is 0. The molecule has 0 saturated carbocycles. The molecule has 1 rings (SSSR count). The van der Waals surface area contributed by atoms with Gasteiger partial charge in [0.15, 0.2) is 0 Å². The van der Waals surface area contributed by atoms with Crippen LogP contribution in [0, 0.1) is 0 Å². The summed E-state index contributed by atoms with van der Waals surface area (Å²) >= 11 is 0. The van der Waals surface area contributed by atoms with E-state index in [9.17, 15) is 9.90 Å². The number of nitrogens with one attached hydrogen (secondary N) is 1. The molecule has 0 spiro atoms. The highest BCUT2D eigenvalue weighted by atomic mass is 16.3. The van der Waals surface area contributed by atoms with Crippen molar-refractivity contribution in [2.24, 2.45) is 0 Å². The minimum atomic E-state index is -0.461. The molecule has 1 aliphatic rings. The van der Waals surface area contributed by atoms with Crippen LogP contribution >= 0.6 is 0 Å². The van der Waals surface area contributed by atoms with Crippen LogP contribution in [0.2, 0.25) is 0 Å². The Bertz CT molecular complexity index is 203. The fourth-order valence-electron chi connectivity index (χ4n) is 1.65. The average Bonchev–Trinajstić information content (AvgIpc) is 2.19. The molecule has 0 radical (unpaired) electrons. The Hall–Kier alpha value is -0.650. The van der Waals surface area contributed by atoms with Gasteiger partial charge in [0.05, 0.1) is 6.10 Å². The van der Waals surface area contributed by atoms with Crippen molar-refractivity contribution in [2.75, 3.05) is 46.3 Å². The van der Waals surface area contributed by atoms with Gasteiger partial charge in [-0.15, -0.1) is 0 Å². The van der Waals surface area contributed by atoms with Crippen LogP contribution < -0.4 is 5.32 Å². The van der Waals surface area contributed by atoms with E-state index in [1.54, 1.807) is 0 Å². The Kier molecular flexibility index (Phi) is 5.01. The fraction of sp³-hybridized carbons (Fsp3) is 0.900. The molecule has 1 amide bonds. The Labute approximate surface area is 91.0 Å². The Morgan fingerprint density at radius 2 is 2.00 bits per heavy atom. The summed E-state index contributed by atoms with van der Waals surface area (Å²) in [6.45, 7) is 6.54. The summed E-state index contributed by atoms with van der Waals surface area (Å²) in [5.74, 6) is -0.0903. The number of likely N-dealkylation sites (N-methyl/N-ethyl adjacent to an activating group) is 1. The molecule has 0 bridgehead atoms. The molecule has 0 aliphatic carbocycles. The molecule has 5 heteroatoms. The van der Waals surface area contributed by atoms with Gasteiger partial charge in [-0.25, -0.2) is 0 Å². The van der Waals surface area contributed by atoms with Crippen molar-refractivity contribution in [3.63, 3.8) is 0 Å². The number of aliphatic hydroxyl groups is 1. The maximum absolute atomic E-state index is 10.6. The number of hydrogen-bond donors (Lipinski definition) is 2. The topological polar surface area (TPSA) is 55.8 Å². The molecule has 0 aromatic carbocycles. The highest BCUT2D eigenvalue weighted by Crippen LogP contribution is 1.99. The van der Waals surface area contributed by atoms with Gasteiger partial charge in [-0.05, 0) is 7.05 Å². The van der Waals surface area contributed by atoms with E-state index in [4.69, 9.17) is 0 Å². The molecular formula is C10H21N3O2. The summed E-state index contributed by atoms with van der Waals surface area (Å²) in [6, 6.07) is 0. The molecule has 1 fully saturated rings. The third-order valence-corrected chi connectivity index (χ3v) is 2.65. The molecule has 15 heavy (non-hydrogen) atoms. The number of rotatable bonds is 4. The SMILES string of the molecule is CC(=O)NCC(O)CN1CCN(C)CC1. The van der Waals surface area contributed by atoms with E-state index in [1.165, 1.54) is 6.92 Å².